The van der Waals surface area contributed by atoms with Crippen molar-refractivity contribution in [3.8, 4) is 0 Å². The zero-order valence-corrected chi connectivity index (χ0v) is 11.9. The molecule has 0 aromatic heterocycles. The Balaban J connectivity index is 1.45. The van der Waals surface area contributed by atoms with Crippen LogP contribution in [0.3, 0.4) is 0 Å². The maximum Gasteiger partial charge on any atom is 0.157 e. The predicted octanol–water partition coefficient (Wildman–Crippen LogP) is 2.95. The second kappa shape index (κ2) is 5.83. The smallest absolute Gasteiger partial charge is 0.157 e. The molecule has 3 nitrogen and oxygen atoms in total. The van der Waals surface area contributed by atoms with Crippen molar-refractivity contribution in [3.05, 3.63) is 0 Å². The zero-order chi connectivity index (χ0) is 12.3. The summed E-state index contributed by atoms with van der Waals surface area (Å²) in [6, 6.07) is 0. The van der Waals surface area contributed by atoms with E-state index in [4.69, 9.17) is 9.73 Å². The van der Waals surface area contributed by atoms with Gasteiger partial charge in [-0.3, -0.25) is 4.99 Å². The maximum atomic E-state index is 5.63. The highest BCUT2D eigenvalue weighted by atomic mass is 32.2. The second-order valence-corrected chi connectivity index (χ2v) is 6.83. The summed E-state index contributed by atoms with van der Waals surface area (Å²) in [7, 11) is 0. The topological polar surface area (TPSA) is 33.6 Å². The van der Waals surface area contributed by atoms with Gasteiger partial charge in [0.15, 0.2) is 5.17 Å². The fraction of sp³-hybridized carbons (Fsp3) is 0.929. The normalized spacial score (nSPS) is 33.1. The molecule has 2 heterocycles. The third-order valence-electron chi connectivity index (χ3n) is 4.40. The van der Waals surface area contributed by atoms with Gasteiger partial charge in [0.2, 0.25) is 0 Å². The summed E-state index contributed by atoms with van der Waals surface area (Å²) >= 11 is 1.93. The van der Waals surface area contributed by atoms with Crippen LogP contribution in [0.25, 0.3) is 0 Å². The Morgan fingerprint density at radius 2 is 2.17 bits per heavy atom. The Bertz CT molecular complexity index is 307. The lowest BCUT2D eigenvalue weighted by Crippen LogP contribution is -2.45. The summed E-state index contributed by atoms with van der Waals surface area (Å²) in [4.78, 5) is 4.72. The van der Waals surface area contributed by atoms with Gasteiger partial charge in [-0.25, -0.2) is 0 Å². The minimum Gasteiger partial charge on any atom is -0.378 e. The van der Waals surface area contributed by atoms with Crippen molar-refractivity contribution in [2.24, 2.45) is 4.99 Å². The number of amidine groups is 1. The van der Waals surface area contributed by atoms with Gasteiger partial charge in [-0.1, -0.05) is 31.0 Å². The molecule has 3 aliphatic rings. The Morgan fingerprint density at radius 3 is 2.94 bits per heavy atom. The van der Waals surface area contributed by atoms with E-state index in [0.717, 1.165) is 19.6 Å². The largest absolute Gasteiger partial charge is 0.378 e. The van der Waals surface area contributed by atoms with Crippen molar-refractivity contribution in [2.45, 2.75) is 63.0 Å². The van der Waals surface area contributed by atoms with Crippen molar-refractivity contribution in [2.75, 3.05) is 18.9 Å². The van der Waals surface area contributed by atoms with Crippen molar-refractivity contribution >= 4 is 16.9 Å². The number of hydrogen-bond acceptors (Lipinski definition) is 3. The van der Waals surface area contributed by atoms with Crippen LogP contribution in [0.4, 0.5) is 0 Å². The summed E-state index contributed by atoms with van der Waals surface area (Å²) < 4.78 is 5.63. The SMILES string of the molecule is C1CCC2(CC1)CSC(=NCCC1CCCO1)N2. The molecule has 1 spiro atoms. The second-order valence-electron chi connectivity index (χ2n) is 5.87. The summed E-state index contributed by atoms with van der Waals surface area (Å²) in [5, 5.41) is 4.89. The van der Waals surface area contributed by atoms with Gasteiger partial charge in [-0.05, 0) is 32.1 Å². The maximum absolute atomic E-state index is 5.63. The number of nitrogens with zero attached hydrogens (tertiary/aromatic N) is 1. The Kier molecular flexibility index (Phi) is 4.14. The van der Waals surface area contributed by atoms with Crippen LogP contribution in [-0.4, -0.2) is 35.7 Å². The molecule has 2 aliphatic heterocycles. The standard InChI is InChI=1S/C14H24N2OS/c1-2-7-14(8-3-1)11-18-13(16-14)15-9-6-12-5-4-10-17-12/h12H,1-11H2,(H,15,16). The molecule has 2 saturated heterocycles. The minimum absolute atomic E-state index is 0.394. The van der Waals surface area contributed by atoms with E-state index >= 15 is 0 Å². The molecule has 0 radical (unpaired) electrons. The average Bonchev–Trinajstić information content (AvgIpc) is 3.02. The lowest BCUT2D eigenvalue weighted by molar-refractivity contribution is 0.106. The van der Waals surface area contributed by atoms with Crippen LogP contribution in [0.2, 0.25) is 0 Å². The van der Waals surface area contributed by atoms with Gasteiger partial charge in [0.25, 0.3) is 0 Å². The number of ether oxygens (including phenoxy) is 1. The highest BCUT2D eigenvalue weighted by Crippen LogP contribution is 2.36. The molecule has 1 atom stereocenters. The summed E-state index contributed by atoms with van der Waals surface area (Å²) in [5.74, 6) is 1.23. The summed E-state index contributed by atoms with van der Waals surface area (Å²) in [6.45, 7) is 1.88. The van der Waals surface area contributed by atoms with Gasteiger partial charge < -0.3 is 10.1 Å². The molecule has 1 N–H and O–H groups in total. The van der Waals surface area contributed by atoms with Crippen LogP contribution in [0.5, 0.6) is 0 Å². The first kappa shape index (κ1) is 12.8. The fourth-order valence-corrected chi connectivity index (χ4v) is 4.52. The number of nitrogens with one attached hydrogen (secondary N) is 1. The Hall–Kier alpha value is -0.220. The van der Waals surface area contributed by atoms with E-state index in [2.05, 4.69) is 5.32 Å². The minimum atomic E-state index is 0.394. The molecule has 1 unspecified atom stereocenters. The molecule has 3 fully saturated rings. The average molecular weight is 268 g/mol. The lowest BCUT2D eigenvalue weighted by atomic mass is 9.83. The highest BCUT2D eigenvalue weighted by molar-refractivity contribution is 8.14. The van der Waals surface area contributed by atoms with Crippen LogP contribution in [0.1, 0.15) is 51.4 Å². The van der Waals surface area contributed by atoms with Crippen LogP contribution < -0.4 is 5.32 Å². The van der Waals surface area contributed by atoms with E-state index < -0.39 is 0 Å². The highest BCUT2D eigenvalue weighted by Gasteiger charge is 2.37. The third-order valence-corrected chi connectivity index (χ3v) is 5.60. The number of rotatable bonds is 3. The van der Waals surface area contributed by atoms with Gasteiger partial charge in [-0.15, -0.1) is 0 Å². The first-order valence-corrected chi connectivity index (χ1v) is 8.42. The first-order chi connectivity index (χ1) is 8.86. The molecule has 0 aromatic rings. The number of hydrogen-bond donors (Lipinski definition) is 1. The van der Waals surface area contributed by atoms with Crippen LogP contribution in [0, 0.1) is 0 Å². The van der Waals surface area contributed by atoms with Crippen LogP contribution in [-0.2, 0) is 4.74 Å². The van der Waals surface area contributed by atoms with Gasteiger partial charge in [0, 0.05) is 24.4 Å². The molecule has 102 valence electrons. The van der Waals surface area contributed by atoms with E-state index in [0.29, 0.717) is 11.6 Å². The molecule has 3 rings (SSSR count). The fourth-order valence-electron chi connectivity index (χ4n) is 3.27. The van der Waals surface area contributed by atoms with Crippen molar-refractivity contribution in [1.82, 2.24) is 5.32 Å². The van der Waals surface area contributed by atoms with E-state index in [1.54, 1.807) is 0 Å². The molecule has 1 saturated carbocycles. The lowest BCUT2D eigenvalue weighted by Gasteiger charge is -2.32. The van der Waals surface area contributed by atoms with Crippen LogP contribution >= 0.6 is 11.8 Å². The van der Waals surface area contributed by atoms with E-state index in [9.17, 15) is 0 Å². The molecule has 0 bridgehead atoms. The summed E-state index contributed by atoms with van der Waals surface area (Å²) in [5.41, 5.74) is 0.394. The Morgan fingerprint density at radius 1 is 1.28 bits per heavy atom. The summed E-state index contributed by atoms with van der Waals surface area (Å²) in [6.07, 6.45) is 10.9. The van der Waals surface area contributed by atoms with E-state index in [1.165, 1.54) is 55.9 Å². The quantitative estimate of drug-likeness (QED) is 0.854. The third kappa shape index (κ3) is 3.02. The van der Waals surface area contributed by atoms with E-state index in [1.807, 2.05) is 11.8 Å². The monoisotopic (exact) mass is 268 g/mol. The van der Waals surface area contributed by atoms with Crippen molar-refractivity contribution in [3.63, 3.8) is 0 Å². The van der Waals surface area contributed by atoms with Crippen LogP contribution in [0.15, 0.2) is 4.99 Å². The molecule has 4 heteroatoms. The van der Waals surface area contributed by atoms with E-state index in [-0.39, 0.29) is 0 Å². The van der Waals surface area contributed by atoms with Gasteiger partial charge in [0.1, 0.15) is 0 Å². The molecule has 18 heavy (non-hydrogen) atoms. The van der Waals surface area contributed by atoms with Gasteiger partial charge in [0.05, 0.1) is 6.10 Å². The molecular formula is C14H24N2OS. The molecule has 0 aromatic carbocycles. The van der Waals surface area contributed by atoms with Crippen molar-refractivity contribution < 1.29 is 4.74 Å². The molecule has 1 aliphatic carbocycles. The number of thioether (sulfide) groups is 1. The van der Waals surface area contributed by atoms with Gasteiger partial charge >= 0.3 is 0 Å². The van der Waals surface area contributed by atoms with Crippen molar-refractivity contribution in [1.29, 1.82) is 0 Å². The number of aliphatic imine (C=N–C) groups is 1. The first-order valence-electron chi connectivity index (χ1n) is 7.43. The zero-order valence-electron chi connectivity index (χ0n) is 11.1. The molecular weight excluding hydrogens is 244 g/mol. The molecule has 0 amide bonds. The van der Waals surface area contributed by atoms with Gasteiger partial charge in [-0.2, -0.15) is 0 Å². The predicted molar refractivity (Wildman–Crippen MR) is 77.3 cm³/mol. The Labute approximate surface area is 114 Å².